The number of hydrogen-bond donors (Lipinski definition) is 1. The molecule has 2 aromatic carbocycles. The average Bonchev–Trinajstić information content (AvgIpc) is 2.88. The van der Waals surface area contributed by atoms with Gasteiger partial charge in [0.1, 0.15) is 12.4 Å². The summed E-state index contributed by atoms with van der Waals surface area (Å²) < 4.78 is 8.53. The van der Waals surface area contributed by atoms with Gasteiger partial charge in [0.15, 0.2) is 0 Å². The molecule has 5 rings (SSSR count). The topological polar surface area (TPSA) is 39.1 Å². The van der Waals surface area contributed by atoms with Gasteiger partial charge >= 0.3 is 0 Å². The molecule has 0 aliphatic carbocycles. The largest absolute Gasteiger partial charge is 0.491 e. The van der Waals surface area contributed by atoms with Gasteiger partial charge in [0, 0.05) is 35.6 Å². The highest BCUT2D eigenvalue weighted by Gasteiger charge is 2.20. The summed E-state index contributed by atoms with van der Waals surface area (Å²) in [6.45, 7) is 3.27. The Kier molecular flexibility index (Phi) is 5.08. The Morgan fingerprint density at radius 3 is 2.79 bits per heavy atom. The second kappa shape index (κ2) is 7.86. The third-order valence-electron chi connectivity index (χ3n) is 5.60. The van der Waals surface area contributed by atoms with Gasteiger partial charge in [-0.05, 0) is 54.9 Å². The second-order valence-electron chi connectivity index (χ2n) is 7.29. The molecule has 4 nitrogen and oxygen atoms in total. The normalized spacial score (nSPS) is 14.1. The molecule has 0 amide bonds. The van der Waals surface area contributed by atoms with Gasteiger partial charge in [-0.2, -0.15) is 0 Å². The van der Waals surface area contributed by atoms with E-state index in [9.17, 15) is 0 Å². The maximum Gasteiger partial charge on any atom is 0.128 e. The Balaban J connectivity index is 1.48. The Morgan fingerprint density at radius 2 is 1.86 bits per heavy atom. The van der Waals surface area contributed by atoms with Gasteiger partial charge in [-0.25, -0.2) is 0 Å². The van der Waals surface area contributed by atoms with Gasteiger partial charge in [-0.3, -0.25) is 4.98 Å². The molecule has 0 saturated heterocycles. The van der Waals surface area contributed by atoms with Crippen LogP contribution in [0.3, 0.4) is 0 Å². The SMILES string of the molecule is Clc1cc2c3c(n(CCOc4cccc5ncccc45)c2cc1Cl)CCNCC3. The van der Waals surface area contributed by atoms with Crippen molar-refractivity contribution in [2.45, 2.75) is 19.4 Å². The van der Waals surface area contributed by atoms with Crippen LogP contribution in [-0.2, 0) is 19.4 Å². The number of nitrogens with zero attached hydrogens (tertiary/aromatic N) is 2. The summed E-state index contributed by atoms with van der Waals surface area (Å²) in [6.07, 6.45) is 3.78. The molecule has 0 unspecified atom stereocenters. The van der Waals surface area contributed by atoms with Crippen molar-refractivity contribution in [1.82, 2.24) is 14.9 Å². The van der Waals surface area contributed by atoms with Crippen LogP contribution in [0.25, 0.3) is 21.8 Å². The summed E-state index contributed by atoms with van der Waals surface area (Å²) in [5.74, 6) is 0.862. The van der Waals surface area contributed by atoms with Crippen molar-refractivity contribution in [2.75, 3.05) is 19.7 Å². The predicted molar refractivity (Wildman–Crippen MR) is 119 cm³/mol. The van der Waals surface area contributed by atoms with E-state index in [1.54, 1.807) is 6.20 Å². The van der Waals surface area contributed by atoms with Gasteiger partial charge in [-0.1, -0.05) is 29.3 Å². The quantitative estimate of drug-likeness (QED) is 0.484. The van der Waals surface area contributed by atoms with E-state index in [1.807, 2.05) is 42.5 Å². The first-order valence-corrected chi connectivity index (χ1v) is 10.6. The van der Waals surface area contributed by atoms with Gasteiger partial charge < -0.3 is 14.6 Å². The third-order valence-corrected chi connectivity index (χ3v) is 6.32. The van der Waals surface area contributed by atoms with Gasteiger partial charge in [0.2, 0.25) is 0 Å². The standard InChI is InChI=1S/C23H21Cl2N3O/c24-18-13-17-15-6-9-26-10-7-21(15)28(22(17)14-19(18)25)11-12-29-23-5-1-4-20-16(23)3-2-8-27-20/h1-5,8,13-14,26H,6-7,9-12H2. The molecule has 2 aromatic heterocycles. The Bertz CT molecular complexity index is 1200. The Labute approximate surface area is 179 Å². The zero-order valence-electron chi connectivity index (χ0n) is 15.9. The fraction of sp³-hybridized carbons (Fsp3) is 0.261. The summed E-state index contributed by atoms with van der Waals surface area (Å²) in [5.41, 5.74) is 4.80. The van der Waals surface area contributed by atoms with Crippen LogP contribution in [0.5, 0.6) is 5.75 Å². The molecule has 0 bridgehead atoms. The first-order valence-electron chi connectivity index (χ1n) is 9.88. The lowest BCUT2D eigenvalue weighted by Gasteiger charge is -2.13. The first-order chi connectivity index (χ1) is 14.2. The van der Waals surface area contributed by atoms with E-state index >= 15 is 0 Å². The minimum absolute atomic E-state index is 0.567. The zero-order valence-corrected chi connectivity index (χ0v) is 17.4. The van der Waals surface area contributed by atoms with E-state index in [1.165, 1.54) is 16.6 Å². The van der Waals surface area contributed by atoms with Crippen LogP contribution in [-0.4, -0.2) is 29.2 Å². The number of aromatic nitrogens is 2. The van der Waals surface area contributed by atoms with Crippen LogP contribution in [0.2, 0.25) is 10.0 Å². The highest BCUT2D eigenvalue weighted by atomic mass is 35.5. The van der Waals surface area contributed by atoms with E-state index < -0.39 is 0 Å². The molecule has 0 spiro atoms. The van der Waals surface area contributed by atoms with E-state index in [2.05, 4.69) is 14.9 Å². The predicted octanol–water partition coefficient (Wildman–Crippen LogP) is 5.26. The molecule has 0 radical (unpaired) electrons. The summed E-state index contributed by atoms with van der Waals surface area (Å²) in [6, 6.07) is 14.0. The molecule has 1 aliphatic heterocycles. The monoisotopic (exact) mass is 425 g/mol. The number of halogens is 2. The van der Waals surface area contributed by atoms with Crippen LogP contribution in [0.1, 0.15) is 11.3 Å². The van der Waals surface area contributed by atoms with Crippen LogP contribution in [0.15, 0.2) is 48.7 Å². The lowest BCUT2D eigenvalue weighted by Crippen LogP contribution is -2.18. The van der Waals surface area contributed by atoms with Crippen molar-refractivity contribution in [2.24, 2.45) is 0 Å². The third kappa shape index (κ3) is 3.46. The molecule has 1 N–H and O–H groups in total. The minimum Gasteiger partial charge on any atom is -0.491 e. The van der Waals surface area contributed by atoms with Crippen LogP contribution >= 0.6 is 23.2 Å². The van der Waals surface area contributed by atoms with Gasteiger partial charge in [-0.15, -0.1) is 0 Å². The van der Waals surface area contributed by atoms with Crippen molar-refractivity contribution in [3.05, 3.63) is 70.0 Å². The molecule has 1 aliphatic rings. The lowest BCUT2D eigenvalue weighted by atomic mass is 10.1. The molecule has 148 valence electrons. The number of pyridine rings is 1. The van der Waals surface area contributed by atoms with E-state index in [-0.39, 0.29) is 0 Å². The van der Waals surface area contributed by atoms with E-state index in [4.69, 9.17) is 27.9 Å². The number of hydrogen-bond acceptors (Lipinski definition) is 3. The maximum absolute atomic E-state index is 6.35. The molecule has 0 fully saturated rings. The number of fused-ring (bicyclic) bond motifs is 4. The molecule has 6 heteroatoms. The summed E-state index contributed by atoms with van der Waals surface area (Å²) in [7, 11) is 0. The maximum atomic E-state index is 6.35. The second-order valence-corrected chi connectivity index (χ2v) is 8.10. The fourth-order valence-corrected chi connectivity index (χ4v) is 4.60. The highest BCUT2D eigenvalue weighted by molar-refractivity contribution is 6.42. The molecule has 0 saturated carbocycles. The lowest BCUT2D eigenvalue weighted by molar-refractivity contribution is 0.302. The minimum atomic E-state index is 0.567. The summed E-state index contributed by atoms with van der Waals surface area (Å²) >= 11 is 12.7. The number of rotatable bonds is 4. The van der Waals surface area contributed by atoms with Gasteiger partial charge in [0.25, 0.3) is 0 Å². The van der Waals surface area contributed by atoms with E-state index in [0.29, 0.717) is 16.7 Å². The van der Waals surface area contributed by atoms with Crippen LogP contribution < -0.4 is 10.1 Å². The van der Waals surface area contributed by atoms with Crippen molar-refractivity contribution in [1.29, 1.82) is 0 Å². The average molecular weight is 426 g/mol. The van der Waals surface area contributed by atoms with Crippen molar-refractivity contribution >= 4 is 45.0 Å². The zero-order chi connectivity index (χ0) is 19.8. The molecule has 3 heterocycles. The van der Waals surface area contributed by atoms with Crippen LogP contribution in [0, 0.1) is 0 Å². The van der Waals surface area contributed by atoms with Crippen molar-refractivity contribution in [3.63, 3.8) is 0 Å². The van der Waals surface area contributed by atoms with Gasteiger partial charge in [0.05, 0.1) is 27.6 Å². The smallest absolute Gasteiger partial charge is 0.128 e. The fourth-order valence-electron chi connectivity index (χ4n) is 4.28. The van der Waals surface area contributed by atoms with Crippen molar-refractivity contribution in [3.8, 4) is 5.75 Å². The number of benzene rings is 2. The first kappa shape index (κ1) is 18.7. The van der Waals surface area contributed by atoms with E-state index in [0.717, 1.165) is 54.6 Å². The Morgan fingerprint density at radius 1 is 1.00 bits per heavy atom. The molecule has 4 aromatic rings. The number of nitrogens with one attached hydrogen (secondary N) is 1. The van der Waals surface area contributed by atoms with Crippen molar-refractivity contribution < 1.29 is 4.74 Å². The van der Waals surface area contributed by atoms with Crippen LogP contribution in [0.4, 0.5) is 0 Å². The molecular formula is C23H21Cl2N3O. The summed E-state index contributed by atoms with van der Waals surface area (Å²) in [4.78, 5) is 4.41. The number of ether oxygens (including phenoxy) is 1. The Hall–Kier alpha value is -2.27. The highest BCUT2D eigenvalue weighted by Crippen LogP contribution is 2.34. The molecule has 0 atom stereocenters. The molecular weight excluding hydrogens is 405 g/mol. The molecule has 29 heavy (non-hydrogen) atoms. The summed E-state index contributed by atoms with van der Waals surface area (Å²) in [5, 5.41) is 6.92.